The Labute approximate surface area is 336 Å². The van der Waals surface area contributed by atoms with Gasteiger partial charge >= 0.3 is 0 Å². The molecule has 0 radical (unpaired) electrons. The van der Waals surface area contributed by atoms with E-state index in [4.69, 9.17) is 0 Å². The highest BCUT2D eigenvalue weighted by Crippen LogP contribution is 2.17. The van der Waals surface area contributed by atoms with Crippen LogP contribution in [-0.2, 0) is 4.79 Å². The molecule has 4 atom stereocenters. The first-order valence-corrected chi connectivity index (χ1v) is 24.1. The van der Waals surface area contributed by atoms with Crippen LogP contribution in [-0.4, -0.2) is 57.3 Å². The number of unbranched alkanes of at least 4 members (excludes halogenated alkanes) is 33. The maximum absolute atomic E-state index is 12.5. The molecule has 1 amide bonds. The fourth-order valence-electron chi connectivity index (χ4n) is 7.64. The van der Waals surface area contributed by atoms with E-state index in [1.807, 2.05) is 0 Å². The van der Waals surface area contributed by atoms with Gasteiger partial charge < -0.3 is 25.7 Å². The number of aliphatic hydroxyl groups excluding tert-OH is 4. The van der Waals surface area contributed by atoms with Crippen LogP contribution in [0.1, 0.15) is 258 Å². The van der Waals surface area contributed by atoms with E-state index >= 15 is 0 Å². The second kappa shape index (κ2) is 43.2. The summed E-state index contributed by atoms with van der Waals surface area (Å²) in [5, 5.41) is 43.7. The Morgan fingerprint density at radius 1 is 0.444 bits per heavy atom. The number of rotatable bonds is 44. The standard InChI is InChI=1S/C48H95NO5/c1-3-5-7-9-11-13-15-17-19-20-21-22-23-24-25-26-27-28-30-31-33-35-37-39-41-45(51)47(53)44(43-50)49-48(54)46(52)42-40-38-36-34-32-29-18-16-14-12-10-8-6-4-2/h30-31,44-47,50-53H,3-29,32-43H2,1-2H3,(H,49,54). The van der Waals surface area contributed by atoms with Crippen molar-refractivity contribution in [1.82, 2.24) is 5.32 Å². The third kappa shape index (κ3) is 36.7. The third-order valence-corrected chi connectivity index (χ3v) is 11.5. The molecule has 0 rings (SSSR count). The molecule has 0 bridgehead atoms. The van der Waals surface area contributed by atoms with E-state index in [-0.39, 0.29) is 0 Å². The molecule has 6 heteroatoms. The van der Waals surface area contributed by atoms with Crippen molar-refractivity contribution < 1.29 is 25.2 Å². The second-order valence-electron chi connectivity index (χ2n) is 16.8. The van der Waals surface area contributed by atoms with Gasteiger partial charge in [0.1, 0.15) is 12.2 Å². The van der Waals surface area contributed by atoms with Crippen LogP contribution >= 0.6 is 0 Å². The summed E-state index contributed by atoms with van der Waals surface area (Å²) in [4.78, 5) is 12.5. The molecule has 54 heavy (non-hydrogen) atoms. The summed E-state index contributed by atoms with van der Waals surface area (Å²) in [5.74, 6) is -0.586. The molecule has 4 unspecified atom stereocenters. The van der Waals surface area contributed by atoms with Gasteiger partial charge in [-0.25, -0.2) is 0 Å². The molecular formula is C48H95NO5. The number of hydrogen-bond acceptors (Lipinski definition) is 5. The minimum Gasteiger partial charge on any atom is -0.394 e. The summed E-state index contributed by atoms with van der Waals surface area (Å²) in [6.07, 6.45) is 48.3. The van der Waals surface area contributed by atoms with Crippen molar-refractivity contribution in [2.24, 2.45) is 0 Å². The van der Waals surface area contributed by atoms with Gasteiger partial charge in [0, 0.05) is 0 Å². The lowest BCUT2D eigenvalue weighted by Crippen LogP contribution is -2.53. The van der Waals surface area contributed by atoms with E-state index in [1.54, 1.807) is 0 Å². The molecule has 0 aromatic rings. The van der Waals surface area contributed by atoms with Gasteiger partial charge in [-0.05, 0) is 38.5 Å². The molecule has 0 aliphatic heterocycles. The van der Waals surface area contributed by atoms with E-state index in [1.165, 1.54) is 180 Å². The molecule has 0 spiro atoms. The van der Waals surface area contributed by atoms with Crippen molar-refractivity contribution >= 4 is 5.91 Å². The van der Waals surface area contributed by atoms with Crippen LogP contribution in [0.3, 0.4) is 0 Å². The fourth-order valence-corrected chi connectivity index (χ4v) is 7.64. The van der Waals surface area contributed by atoms with E-state index in [0.717, 1.165) is 51.4 Å². The van der Waals surface area contributed by atoms with Gasteiger partial charge in [-0.3, -0.25) is 4.79 Å². The molecule has 0 saturated heterocycles. The van der Waals surface area contributed by atoms with E-state index in [9.17, 15) is 25.2 Å². The largest absolute Gasteiger partial charge is 0.394 e. The zero-order valence-electron chi connectivity index (χ0n) is 36.2. The molecule has 0 heterocycles. The quantitative estimate of drug-likeness (QED) is 0.0313. The van der Waals surface area contributed by atoms with Gasteiger partial charge in [0.15, 0.2) is 0 Å². The van der Waals surface area contributed by atoms with E-state index < -0.39 is 36.9 Å². The summed E-state index contributed by atoms with van der Waals surface area (Å²) in [6, 6.07) is -0.990. The van der Waals surface area contributed by atoms with Crippen LogP contribution < -0.4 is 5.32 Å². The third-order valence-electron chi connectivity index (χ3n) is 11.5. The van der Waals surface area contributed by atoms with Crippen molar-refractivity contribution in [3.05, 3.63) is 12.2 Å². The topological polar surface area (TPSA) is 110 Å². The number of amides is 1. The fraction of sp³-hybridized carbons (Fsp3) is 0.938. The molecule has 322 valence electrons. The van der Waals surface area contributed by atoms with Crippen molar-refractivity contribution in [3.8, 4) is 0 Å². The summed E-state index contributed by atoms with van der Waals surface area (Å²) in [5.41, 5.74) is 0. The predicted molar refractivity (Wildman–Crippen MR) is 233 cm³/mol. The Bertz CT molecular complexity index is 776. The average Bonchev–Trinajstić information content (AvgIpc) is 3.18. The molecule has 6 nitrogen and oxygen atoms in total. The molecule has 0 saturated carbocycles. The Morgan fingerprint density at radius 3 is 1.09 bits per heavy atom. The number of carbonyl (C=O) groups excluding carboxylic acids is 1. The number of aliphatic hydroxyl groups is 4. The van der Waals surface area contributed by atoms with Crippen LogP contribution in [0.4, 0.5) is 0 Å². The lowest BCUT2D eigenvalue weighted by Gasteiger charge is -2.27. The van der Waals surface area contributed by atoms with Gasteiger partial charge in [-0.2, -0.15) is 0 Å². The highest BCUT2D eigenvalue weighted by Gasteiger charge is 2.28. The molecule has 0 aliphatic rings. The first-order chi connectivity index (χ1) is 26.5. The van der Waals surface area contributed by atoms with Gasteiger partial charge in [-0.15, -0.1) is 0 Å². The summed E-state index contributed by atoms with van der Waals surface area (Å²) < 4.78 is 0. The zero-order chi connectivity index (χ0) is 39.6. The van der Waals surface area contributed by atoms with Crippen LogP contribution in [0.15, 0.2) is 12.2 Å². The number of nitrogens with one attached hydrogen (secondary N) is 1. The SMILES string of the molecule is CCCCCCCCCCCCCCCCCCCC=CCCCCCC(O)C(O)C(CO)NC(=O)C(O)CCCCCCCCCCCCCCCC. The van der Waals surface area contributed by atoms with E-state index in [0.29, 0.717) is 12.8 Å². The number of carbonyl (C=O) groups is 1. The Morgan fingerprint density at radius 2 is 0.741 bits per heavy atom. The minimum absolute atomic E-state index is 0.370. The first kappa shape index (κ1) is 53.0. The minimum atomic E-state index is -1.27. The zero-order valence-corrected chi connectivity index (χ0v) is 36.2. The van der Waals surface area contributed by atoms with Gasteiger partial charge in [0.2, 0.25) is 5.91 Å². The molecule has 0 aromatic heterocycles. The van der Waals surface area contributed by atoms with E-state index in [2.05, 4.69) is 31.3 Å². The Hall–Kier alpha value is -0.950. The number of hydrogen-bond donors (Lipinski definition) is 5. The highest BCUT2D eigenvalue weighted by molar-refractivity contribution is 5.80. The van der Waals surface area contributed by atoms with Crippen molar-refractivity contribution in [2.75, 3.05) is 6.61 Å². The lowest BCUT2D eigenvalue weighted by molar-refractivity contribution is -0.132. The Kier molecular flexibility index (Phi) is 42.4. The van der Waals surface area contributed by atoms with Gasteiger partial charge in [0.05, 0.1) is 18.8 Å². The highest BCUT2D eigenvalue weighted by atomic mass is 16.3. The summed E-state index contributed by atoms with van der Waals surface area (Å²) in [6.45, 7) is 4.06. The monoisotopic (exact) mass is 766 g/mol. The summed E-state index contributed by atoms with van der Waals surface area (Å²) >= 11 is 0. The van der Waals surface area contributed by atoms with Gasteiger partial charge in [0.25, 0.3) is 0 Å². The lowest BCUT2D eigenvalue weighted by atomic mass is 9.99. The average molecular weight is 766 g/mol. The first-order valence-electron chi connectivity index (χ1n) is 24.1. The van der Waals surface area contributed by atoms with Crippen molar-refractivity contribution in [2.45, 2.75) is 282 Å². The Balaban J connectivity index is 3.68. The number of allylic oxidation sites excluding steroid dienone is 2. The molecular weight excluding hydrogens is 671 g/mol. The molecule has 0 fully saturated rings. The maximum atomic E-state index is 12.5. The van der Waals surface area contributed by atoms with Crippen molar-refractivity contribution in [3.63, 3.8) is 0 Å². The normalized spacial score (nSPS) is 14.1. The van der Waals surface area contributed by atoms with Gasteiger partial charge in [-0.1, -0.05) is 231 Å². The predicted octanol–water partition coefficient (Wildman–Crippen LogP) is 13.0. The van der Waals surface area contributed by atoms with Crippen LogP contribution in [0.25, 0.3) is 0 Å². The van der Waals surface area contributed by atoms with Crippen LogP contribution in [0.2, 0.25) is 0 Å². The van der Waals surface area contributed by atoms with Crippen molar-refractivity contribution in [1.29, 1.82) is 0 Å². The van der Waals surface area contributed by atoms with Crippen LogP contribution in [0.5, 0.6) is 0 Å². The molecule has 5 N–H and O–H groups in total. The summed E-state index contributed by atoms with van der Waals surface area (Å²) in [7, 11) is 0. The molecule has 0 aromatic carbocycles. The maximum Gasteiger partial charge on any atom is 0.249 e. The molecule has 0 aliphatic carbocycles. The van der Waals surface area contributed by atoms with Crippen LogP contribution in [0, 0.1) is 0 Å². The smallest absolute Gasteiger partial charge is 0.249 e. The second-order valence-corrected chi connectivity index (χ2v) is 16.8.